The van der Waals surface area contributed by atoms with Gasteiger partial charge >= 0.3 is 12.1 Å². The second-order valence-corrected chi connectivity index (χ2v) is 7.53. The first-order chi connectivity index (χ1) is 13.3. The highest BCUT2D eigenvalue weighted by Crippen LogP contribution is 2.34. The highest BCUT2D eigenvalue weighted by molar-refractivity contribution is 5.78. The number of amides is 1. The molecule has 0 saturated heterocycles. The van der Waals surface area contributed by atoms with E-state index in [2.05, 4.69) is 14.7 Å². The van der Waals surface area contributed by atoms with Crippen LogP contribution in [0, 0.1) is 5.82 Å². The summed E-state index contributed by atoms with van der Waals surface area (Å²) in [6.07, 6.45) is -4.97. The van der Waals surface area contributed by atoms with Crippen molar-refractivity contribution >= 4 is 5.91 Å². The summed E-state index contributed by atoms with van der Waals surface area (Å²) in [5, 5.41) is 13.1. The predicted molar refractivity (Wildman–Crippen MR) is 91.1 cm³/mol. The van der Waals surface area contributed by atoms with Gasteiger partial charge in [0, 0.05) is 11.1 Å². The quantitative estimate of drug-likeness (QED) is 0.772. The van der Waals surface area contributed by atoms with Crippen molar-refractivity contribution in [3.63, 3.8) is 0 Å². The molecule has 1 aromatic carbocycles. The van der Waals surface area contributed by atoms with Gasteiger partial charge in [-0.05, 0) is 32.9 Å². The Kier molecular flexibility index (Phi) is 5.28. The van der Waals surface area contributed by atoms with Crippen LogP contribution in [-0.2, 0) is 17.5 Å². The van der Waals surface area contributed by atoms with Crippen LogP contribution in [0.1, 0.15) is 38.6 Å². The zero-order chi connectivity index (χ0) is 21.6. The molecular formula is C18H19F4N3O4. The average Bonchev–Trinajstić information content (AvgIpc) is 3.01. The smallest absolute Gasteiger partial charge is 0.471 e. The molecule has 1 atom stereocenters. The van der Waals surface area contributed by atoms with Crippen LogP contribution < -0.4 is 4.74 Å². The third kappa shape index (κ3) is 4.66. The van der Waals surface area contributed by atoms with E-state index in [9.17, 15) is 27.5 Å². The molecule has 29 heavy (non-hydrogen) atoms. The standard InChI is InChI=1S/C18H19F4N3O4/c1-9-8-28-13-5-10(15-23-16(29-24-15)18(20,21)22)4-12(19)11(13)7-25(9)14(26)6-17(2,3)27/h4-5,9,27H,6-8H2,1-3H3/t9-/m0/s1. The largest absolute Gasteiger partial charge is 0.491 e. The minimum atomic E-state index is -4.82. The molecule has 2 heterocycles. The summed E-state index contributed by atoms with van der Waals surface area (Å²) >= 11 is 0. The fraction of sp³-hybridized carbons (Fsp3) is 0.500. The van der Waals surface area contributed by atoms with E-state index in [1.54, 1.807) is 6.92 Å². The summed E-state index contributed by atoms with van der Waals surface area (Å²) in [6.45, 7) is 4.61. The minimum Gasteiger partial charge on any atom is -0.491 e. The van der Waals surface area contributed by atoms with Gasteiger partial charge in [-0.3, -0.25) is 4.79 Å². The van der Waals surface area contributed by atoms with Crippen molar-refractivity contribution in [3.8, 4) is 17.1 Å². The zero-order valence-electron chi connectivity index (χ0n) is 15.9. The summed E-state index contributed by atoms with van der Waals surface area (Å²) in [5.41, 5.74) is -1.21. The van der Waals surface area contributed by atoms with Crippen LogP contribution in [0.3, 0.4) is 0 Å². The van der Waals surface area contributed by atoms with Gasteiger partial charge in [-0.15, -0.1) is 0 Å². The molecule has 2 aromatic rings. The second-order valence-electron chi connectivity index (χ2n) is 7.53. The van der Waals surface area contributed by atoms with Crippen LogP contribution >= 0.6 is 0 Å². The van der Waals surface area contributed by atoms with Gasteiger partial charge < -0.3 is 19.3 Å². The lowest BCUT2D eigenvalue weighted by molar-refractivity contribution is -0.159. The number of aliphatic hydroxyl groups is 1. The maximum absolute atomic E-state index is 14.8. The van der Waals surface area contributed by atoms with E-state index in [-0.39, 0.29) is 42.4 Å². The number of benzene rings is 1. The number of halogens is 4. The maximum Gasteiger partial charge on any atom is 0.471 e. The average molecular weight is 417 g/mol. The molecular weight excluding hydrogens is 398 g/mol. The summed E-state index contributed by atoms with van der Waals surface area (Å²) in [6, 6.07) is 1.85. The molecule has 1 N–H and O–H groups in total. The van der Waals surface area contributed by atoms with E-state index >= 15 is 0 Å². The van der Waals surface area contributed by atoms with Crippen molar-refractivity contribution < 1.29 is 36.7 Å². The van der Waals surface area contributed by atoms with Crippen molar-refractivity contribution in [3.05, 3.63) is 29.4 Å². The Morgan fingerprint density at radius 3 is 2.62 bits per heavy atom. The van der Waals surface area contributed by atoms with E-state index in [0.29, 0.717) is 0 Å². The number of carbonyl (C=O) groups is 1. The van der Waals surface area contributed by atoms with Crippen LogP contribution in [0.5, 0.6) is 5.75 Å². The fourth-order valence-corrected chi connectivity index (χ4v) is 2.91. The molecule has 158 valence electrons. The molecule has 3 rings (SSSR count). The first kappa shape index (κ1) is 21.0. The molecule has 0 unspecified atom stereocenters. The van der Waals surface area contributed by atoms with Gasteiger partial charge in [0.25, 0.3) is 0 Å². The topological polar surface area (TPSA) is 88.7 Å². The van der Waals surface area contributed by atoms with Crippen LogP contribution in [-0.4, -0.2) is 44.3 Å². The lowest BCUT2D eigenvalue weighted by Crippen LogP contribution is -2.42. The Bertz CT molecular complexity index is 921. The Morgan fingerprint density at radius 1 is 1.34 bits per heavy atom. The van der Waals surface area contributed by atoms with Crippen LogP contribution in [0.2, 0.25) is 0 Å². The van der Waals surface area contributed by atoms with E-state index in [0.717, 1.165) is 6.07 Å². The number of ether oxygens (including phenoxy) is 1. The molecule has 0 radical (unpaired) electrons. The van der Waals surface area contributed by atoms with E-state index in [4.69, 9.17) is 4.74 Å². The Hall–Kier alpha value is -2.69. The summed E-state index contributed by atoms with van der Waals surface area (Å²) in [4.78, 5) is 17.2. The molecule has 0 spiro atoms. The molecule has 1 aliphatic rings. The first-order valence-corrected chi connectivity index (χ1v) is 8.73. The number of hydrogen-bond donors (Lipinski definition) is 1. The molecule has 11 heteroatoms. The molecule has 1 aromatic heterocycles. The number of carbonyl (C=O) groups excluding carboxylic acids is 1. The van der Waals surface area contributed by atoms with Gasteiger partial charge in [-0.1, -0.05) is 5.16 Å². The molecule has 0 aliphatic carbocycles. The monoisotopic (exact) mass is 417 g/mol. The molecule has 0 bridgehead atoms. The summed E-state index contributed by atoms with van der Waals surface area (Å²) in [7, 11) is 0. The highest BCUT2D eigenvalue weighted by Gasteiger charge is 2.39. The minimum absolute atomic E-state index is 0.0353. The highest BCUT2D eigenvalue weighted by atomic mass is 19.4. The number of nitrogens with zero attached hydrogens (tertiary/aromatic N) is 3. The Morgan fingerprint density at radius 2 is 2.03 bits per heavy atom. The molecule has 7 nitrogen and oxygen atoms in total. The van der Waals surface area contributed by atoms with Crippen molar-refractivity contribution in [2.75, 3.05) is 6.61 Å². The fourth-order valence-electron chi connectivity index (χ4n) is 2.91. The lowest BCUT2D eigenvalue weighted by atomic mass is 10.0. The number of hydrogen-bond acceptors (Lipinski definition) is 6. The molecule has 0 saturated carbocycles. The van der Waals surface area contributed by atoms with Crippen molar-refractivity contribution in [2.45, 2.75) is 51.6 Å². The first-order valence-electron chi connectivity index (χ1n) is 8.73. The van der Waals surface area contributed by atoms with E-state index < -0.39 is 35.4 Å². The van der Waals surface area contributed by atoms with Crippen molar-refractivity contribution in [1.29, 1.82) is 0 Å². The molecule has 0 fully saturated rings. The van der Waals surface area contributed by atoms with Gasteiger partial charge in [0.15, 0.2) is 0 Å². The van der Waals surface area contributed by atoms with E-state index in [1.165, 1.54) is 24.8 Å². The van der Waals surface area contributed by atoms with Crippen LogP contribution in [0.15, 0.2) is 16.7 Å². The summed E-state index contributed by atoms with van der Waals surface area (Å²) in [5.74, 6) is -3.07. The molecule has 1 aliphatic heterocycles. The number of fused-ring (bicyclic) bond motifs is 1. The van der Waals surface area contributed by atoms with Gasteiger partial charge in [0.1, 0.15) is 18.2 Å². The van der Waals surface area contributed by atoms with E-state index in [1.807, 2.05) is 0 Å². The SMILES string of the molecule is C[C@H]1COc2cc(-c3noc(C(F)(F)F)n3)cc(F)c2CN1C(=O)CC(C)(C)O. The third-order valence-electron chi connectivity index (χ3n) is 4.33. The Labute approximate surface area is 163 Å². The third-order valence-corrected chi connectivity index (χ3v) is 4.33. The van der Waals surface area contributed by atoms with Gasteiger partial charge in [-0.25, -0.2) is 4.39 Å². The zero-order valence-corrected chi connectivity index (χ0v) is 15.9. The number of aromatic nitrogens is 2. The van der Waals surface area contributed by atoms with Crippen LogP contribution in [0.25, 0.3) is 11.4 Å². The Balaban J connectivity index is 1.92. The predicted octanol–water partition coefficient (Wildman–Crippen LogP) is 3.17. The van der Waals surface area contributed by atoms with Crippen LogP contribution in [0.4, 0.5) is 17.6 Å². The maximum atomic E-state index is 14.8. The van der Waals surface area contributed by atoms with Crippen molar-refractivity contribution in [1.82, 2.24) is 15.0 Å². The second kappa shape index (κ2) is 7.29. The normalized spacial score (nSPS) is 17.5. The number of alkyl halides is 3. The van der Waals surface area contributed by atoms with Gasteiger partial charge in [0.2, 0.25) is 11.7 Å². The molecule has 1 amide bonds. The number of rotatable bonds is 3. The summed E-state index contributed by atoms with van der Waals surface area (Å²) < 4.78 is 62.5. The van der Waals surface area contributed by atoms with Gasteiger partial charge in [-0.2, -0.15) is 18.2 Å². The lowest BCUT2D eigenvalue weighted by Gasteiger charge is -2.29. The van der Waals surface area contributed by atoms with Crippen molar-refractivity contribution in [2.24, 2.45) is 0 Å². The van der Waals surface area contributed by atoms with Gasteiger partial charge in [0.05, 0.1) is 24.6 Å².